The molecule has 30 heavy (non-hydrogen) atoms. The van der Waals surface area contributed by atoms with Crippen molar-refractivity contribution in [1.82, 2.24) is 0 Å². The van der Waals surface area contributed by atoms with Gasteiger partial charge in [0.25, 0.3) is 0 Å². The van der Waals surface area contributed by atoms with E-state index < -0.39 is 6.17 Å². The lowest BCUT2D eigenvalue weighted by atomic mass is 9.59. The molecular weight excluding hydrogens is 371 g/mol. The van der Waals surface area contributed by atoms with Crippen LogP contribution in [-0.4, -0.2) is 11.3 Å². The van der Waals surface area contributed by atoms with Crippen molar-refractivity contribution >= 4 is 0 Å². The Morgan fingerprint density at radius 3 is 2.53 bits per heavy atom. The molecule has 3 saturated carbocycles. The third-order valence-corrected chi connectivity index (χ3v) is 9.83. The van der Waals surface area contributed by atoms with Crippen LogP contribution >= 0.6 is 0 Å². The summed E-state index contributed by atoms with van der Waals surface area (Å²) in [5, 5.41) is 9.72. The fourth-order valence-corrected chi connectivity index (χ4v) is 8.12. The van der Waals surface area contributed by atoms with E-state index in [1.807, 2.05) is 6.08 Å². The summed E-state index contributed by atoms with van der Waals surface area (Å²) in [7, 11) is 0. The molecule has 0 aromatic carbocycles. The van der Waals surface area contributed by atoms with Gasteiger partial charge in [0.15, 0.2) is 0 Å². The molecule has 0 bridgehead atoms. The van der Waals surface area contributed by atoms with E-state index >= 15 is 4.39 Å². The van der Waals surface area contributed by atoms with Crippen molar-refractivity contribution in [3.63, 3.8) is 0 Å². The molecule has 1 spiro atoms. The monoisotopic (exact) mass is 414 g/mol. The third kappa shape index (κ3) is 3.71. The molecular formula is C28H43FO. The Bertz CT molecular complexity index is 729. The number of fused-ring (bicyclic) bond motifs is 4. The molecule has 3 fully saturated rings. The van der Waals surface area contributed by atoms with Gasteiger partial charge in [-0.2, -0.15) is 0 Å². The van der Waals surface area contributed by atoms with Crippen molar-refractivity contribution in [2.45, 2.75) is 104 Å². The maximum Gasteiger partial charge on any atom is 0.104 e. The van der Waals surface area contributed by atoms with Crippen LogP contribution in [0.4, 0.5) is 4.39 Å². The minimum absolute atomic E-state index is 0.0713. The van der Waals surface area contributed by atoms with Crippen LogP contribution in [0.15, 0.2) is 35.1 Å². The van der Waals surface area contributed by atoms with Gasteiger partial charge in [-0.3, -0.25) is 0 Å². The number of rotatable bonds is 4. The normalized spacial score (nSPS) is 44.6. The van der Waals surface area contributed by atoms with Gasteiger partial charge in [-0.15, -0.1) is 0 Å². The van der Waals surface area contributed by atoms with Gasteiger partial charge in [-0.1, -0.05) is 38.0 Å². The van der Waals surface area contributed by atoms with Crippen LogP contribution in [-0.2, 0) is 0 Å². The lowest BCUT2D eigenvalue weighted by molar-refractivity contribution is 0.0808. The van der Waals surface area contributed by atoms with Gasteiger partial charge in [-0.05, 0) is 124 Å². The second-order valence-electron chi connectivity index (χ2n) is 11.2. The Labute approximate surface area is 183 Å². The molecule has 0 amide bonds. The number of aliphatic hydroxyl groups is 1. The highest BCUT2D eigenvalue weighted by atomic mass is 19.1. The summed E-state index contributed by atoms with van der Waals surface area (Å²) >= 11 is 0. The molecule has 0 aliphatic heterocycles. The van der Waals surface area contributed by atoms with Crippen molar-refractivity contribution < 1.29 is 9.50 Å². The highest BCUT2D eigenvalue weighted by Gasteiger charge is 2.65. The van der Waals surface area contributed by atoms with Gasteiger partial charge in [0.2, 0.25) is 0 Å². The molecule has 0 radical (unpaired) electrons. The van der Waals surface area contributed by atoms with Gasteiger partial charge in [0, 0.05) is 0 Å². The number of hydrogen-bond donors (Lipinski definition) is 1. The Morgan fingerprint density at radius 2 is 1.87 bits per heavy atom. The summed E-state index contributed by atoms with van der Waals surface area (Å²) in [6, 6.07) is 0. The zero-order chi connectivity index (χ0) is 21.5. The van der Waals surface area contributed by atoms with E-state index in [1.165, 1.54) is 43.3 Å². The smallest absolute Gasteiger partial charge is 0.104 e. The van der Waals surface area contributed by atoms with Crippen molar-refractivity contribution in [1.29, 1.82) is 0 Å². The Kier molecular flexibility index (Phi) is 6.26. The zero-order valence-electron chi connectivity index (χ0n) is 19.7. The highest BCUT2D eigenvalue weighted by molar-refractivity contribution is 5.37. The van der Waals surface area contributed by atoms with Crippen LogP contribution in [0.25, 0.3) is 0 Å². The molecule has 5 unspecified atom stereocenters. The van der Waals surface area contributed by atoms with Gasteiger partial charge in [0.1, 0.15) is 6.17 Å². The van der Waals surface area contributed by atoms with Crippen LogP contribution in [0, 0.1) is 34.5 Å². The van der Waals surface area contributed by atoms with E-state index in [0.29, 0.717) is 11.2 Å². The van der Waals surface area contributed by atoms with Crippen LogP contribution in [0.5, 0.6) is 0 Å². The third-order valence-electron chi connectivity index (χ3n) is 9.83. The Hall–Kier alpha value is -1.05. The average Bonchev–Trinajstić information content (AvgIpc) is 3.05. The predicted molar refractivity (Wildman–Crippen MR) is 124 cm³/mol. The fraction of sp³-hybridized carbons (Fsp3) is 0.786. The molecule has 0 saturated heterocycles. The fourth-order valence-electron chi connectivity index (χ4n) is 8.12. The van der Waals surface area contributed by atoms with Crippen molar-refractivity contribution in [3.05, 3.63) is 35.1 Å². The second-order valence-corrected chi connectivity index (χ2v) is 11.2. The van der Waals surface area contributed by atoms with Crippen LogP contribution in [0.2, 0.25) is 0 Å². The van der Waals surface area contributed by atoms with Crippen molar-refractivity contribution in [2.75, 3.05) is 0 Å². The first kappa shape index (κ1) is 22.2. The minimum Gasteiger partial charge on any atom is -0.513 e. The molecule has 7 atom stereocenters. The molecule has 2 heteroatoms. The number of aliphatic hydroxyl groups excluding tert-OH is 1. The summed E-state index contributed by atoms with van der Waals surface area (Å²) in [5.41, 5.74) is 3.30. The molecule has 0 aromatic heterocycles. The van der Waals surface area contributed by atoms with Gasteiger partial charge < -0.3 is 5.11 Å². The van der Waals surface area contributed by atoms with E-state index in [4.69, 9.17) is 0 Å². The maximum absolute atomic E-state index is 15.8. The minimum atomic E-state index is -0.674. The number of halogens is 1. The Morgan fingerprint density at radius 1 is 1.10 bits per heavy atom. The van der Waals surface area contributed by atoms with Crippen LogP contribution in [0.3, 0.4) is 0 Å². The molecule has 0 heterocycles. The highest BCUT2D eigenvalue weighted by Crippen LogP contribution is 2.73. The van der Waals surface area contributed by atoms with Crippen LogP contribution < -0.4 is 0 Å². The SMILES string of the molecule is C/C=C\C1=C(C/C=C(\C)O)CCC2C(F)CC[C@H]3[C@H](CCC12C)C31CCC(CC)C1. The first-order valence-electron chi connectivity index (χ1n) is 12.7. The quantitative estimate of drug-likeness (QED) is 0.457. The van der Waals surface area contributed by atoms with E-state index in [-0.39, 0.29) is 11.3 Å². The van der Waals surface area contributed by atoms with Gasteiger partial charge >= 0.3 is 0 Å². The molecule has 168 valence electrons. The molecule has 1 nitrogen and oxygen atoms in total. The zero-order valence-corrected chi connectivity index (χ0v) is 19.7. The summed E-state index contributed by atoms with van der Waals surface area (Å²) < 4.78 is 15.8. The Balaban J connectivity index is 1.63. The first-order valence-corrected chi connectivity index (χ1v) is 12.7. The lowest BCUT2D eigenvalue weighted by Gasteiger charge is -2.46. The summed E-state index contributed by atoms with van der Waals surface area (Å²) in [5.74, 6) is 3.09. The molecule has 4 aliphatic rings. The molecule has 4 rings (SSSR count). The van der Waals surface area contributed by atoms with E-state index in [1.54, 1.807) is 6.92 Å². The van der Waals surface area contributed by atoms with E-state index in [9.17, 15) is 5.11 Å². The van der Waals surface area contributed by atoms with Gasteiger partial charge in [-0.25, -0.2) is 4.39 Å². The lowest BCUT2D eigenvalue weighted by Crippen LogP contribution is -2.39. The molecule has 1 N–H and O–H groups in total. The van der Waals surface area contributed by atoms with Crippen molar-refractivity contribution in [2.24, 2.45) is 34.5 Å². The van der Waals surface area contributed by atoms with E-state index in [2.05, 4.69) is 32.9 Å². The van der Waals surface area contributed by atoms with E-state index in [0.717, 1.165) is 56.3 Å². The maximum atomic E-state index is 15.8. The second kappa shape index (κ2) is 8.47. The topological polar surface area (TPSA) is 20.2 Å². The summed E-state index contributed by atoms with van der Waals surface area (Å²) in [6.07, 6.45) is 18.3. The first-order chi connectivity index (χ1) is 14.4. The summed E-state index contributed by atoms with van der Waals surface area (Å²) in [6.45, 7) is 8.55. The predicted octanol–water partition coefficient (Wildman–Crippen LogP) is 8.48. The number of hydrogen-bond acceptors (Lipinski definition) is 1. The molecule has 0 aromatic rings. The molecule has 4 aliphatic carbocycles. The largest absolute Gasteiger partial charge is 0.513 e. The van der Waals surface area contributed by atoms with Crippen LogP contribution in [0.1, 0.15) is 98.3 Å². The number of allylic oxidation sites excluding steroid dienone is 6. The van der Waals surface area contributed by atoms with Crippen molar-refractivity contribution in [3.8, 4) is 0 Å². The number of alkyl halides is 1. The summed E-state index contributed by atoms with van der Waals surface area (Å²) in [4.78, 5) is 0. The average molecular weight is 415 g/mol. The van der Waals surface area contributed by atoms with Gasteiger partial charge in [0.05, 0.1) is 5.76 Å². The standard InChI is InChI=1S/C28H43FO/c1-5-7-22-21(9-8-19(3)30)10-11-25-26(29)13-12-23-24(15-16-27(22,25)4)28(23)17-14-20(6-2)18-28/h5,7-8,20,23-26,30H,6,9-18H2,1-4H3/b7-5-,19-8+/t20?,23-,24-,25?,26?,27?,28?/m0/s1.